The van der Waals surface area contributed by atoms with Gasteiger partial charge in [0.15, 0.2) is 4.34 Å². The lowest BCUT2D eigenvalue weighted by Gasteiger charge is -2.13. The standard InChI is InChI=1S/C22H26N4O3S3/c1-13(2)12-30-22-25-24-21(31-22)23-20(27)17-8-6-15(4)19(11-17)32(28,29)26-18-9-7-14(3)16(5)10-18/h6-11,13,26H,12H2,1-5H3,(H,23,24,27). The Labute approximate surface area is 197 Å². The average Bonchev–Trinajstić information content (AvgIpc) is 3.16. The molecule has 7 nitrogen and oxygen atoms in total. The third-order valence-electron chi connectivity index (χ3n) is 4.67. The van der Waals surface area contributed by atoms with E-state index in [0.29, 0.717) is 22.3 Å². The minimum Gasteiger partial charge on any atom is -0.296 e. The van der Waals surface area contributed by atoms with Crippen molar-refractivity contribution < 1.29 is 13.2 Å². The molecule has 1 aromatic heterocycles. The normalized spacial score (nSPS) is 11.6. The van der Waals surface area contributed by atoms with Crippen molar-refractivity contribution >= 4 is 49.8 Å². The largest absolute Gasteiger partial charge is 0.296 e. The first-order valence-electron chi connectivity index (χ1n) is 10.0. The van der Waals surface area contributed by atoms with Crippen LogP contribution in [0, 0.1) is 26.7 Å². The molecule has 0 fully saturated rings. The third-order valence-corrected chi connectivity index (χ3v) is 8.59. The topological polar surface area (TPSA) is 101 Å². The van der Waals surface area contributed by atoms with Gasteiger partial charge in [-0.1, -0.05) is 49.1 Å². The van der Waals surface area contributed by atoms with E-state index >= 15 is 0 Å². The Morgan fingerprint density at radius 2 is 1.75 bits per heavy atom. The van der Waals surface area contributed by atoms with E-state index in [9.17, 15) is 13.2 Å². The quantitative estimate of drug-likeness (QED) is 0.330. The number of nitrogens with zero attached hydrogens (tertiary/aromatic N) is 2. The van der Waals surface area contributed by atoms with Gasteiger partial charge in [0, 0.05) is 17.0 Å². The molecule has 0 aliphatic carbocycles. The molecule has 0 aliphatic heterocycles. The van der Waals surface area contributed by atoms with Crippen LogP contribution in [-0.4, -0.2) is 30.3 Å². The molecule has 0 aliphatic rings. The number of anilines is 2. The van der Waals surface area contributed by atoms with Gasteiger partial charge in [-0.15, -0.1) is 10.2 Å². The number of nitrogens with one attached hydrogen (secondary N) is 2. The fourth-order valence-corrected chi connectivity index (χ4v) is 5.82. The number of aryl methyl sites for hydroxylation is 3. The van der Waals surface area contributed by atoms with Crippen LogP contribution in [0.1, 0.15) is 40.9 Å². The highest BCUT2D eigenvalue weighted by Crippen LogP contribution is 2.28. The molecule has 0 unspecified atom stereocenters. The maximum atomic E-state index is 13.0. The number of carbonyl (C=O) groups is 1. The summed E-state index contributed by atoms with van der Waals surface area (Å²) in [5.41, 5.74) is 3.30. The number of thioether (sulfide) groups is 1. The minimum atomic E-state index is -3.87. The summed E-state index contributed by atoms with van der Waals surface area (Å²) in [6, 6.07) is 9.95. The van der Waals surface area contributed by atoms with Gasteiger partial charge in [-0.05, 0) is 67.6 Å². The second-order valence-corrected chi connectivity index (χ2v) is 11.8. The number of carbonyl (C=O) groups excluding carboxylic acids is 1. The molecular weight excluding hydrogens is 464 g/mol. The molecule has 10 heteroatoms. The van der Waals surface area contributed by atoms with Crippen LogP contribution in [0.3, 0.4) is 0 Å². The van der Waals surface area contributed by atoms with Crippen molar-refractivity contribution in [3.63, 3.8) is 0 Å². The number of benzene rings is 2. The van der Waals surface area contributed by atoms with Crippen LogP contribution in [0.4, 0.5) is 10.8 Å². The second-order valence-electron chi connectivity index (χ2n) is 7.92. The average molecular weight is 491 g/mol. The van der Waals surface area contributed by atoms with E-state index < -0.39 is 15.9 Å². The Bertz CT molecular complexity index is 1240. The number of amides is 1. The summed E-state index contributed by atoms with van der Waals surface area (Å²) in [4.78, 5) is 12.8. The lowest BCUT2D eigenvalue weighted by Crippen LogP contribution is -2.17. The van der Waals surface area contributed by atoms with Gasteiger partial charge in [0.05, 0.1) is 4.90 Å². The lowest BCUT2D eigenvalue weighted by molar-refractivity contribution is 0.102. The van der Waals surface area contributed by atoms with Gasteiger partial charge in [0.25, 0.3) is 15.9 Å². The summed E-state index contributed by atoms with van der Waals surface area (Å²) >= 11 is 2.88. The van der Waals surface area contributed by atoms with Gasteiger partial charge >= 0.3 is 0 Å². The summed E-state index contributed by atoms with van der Waals surface area (Å²) in [7, 11) is -3.87. The maximum Gasteiger partial charge on any atom is 0.262 e. The summed E-state index contributed by atoms with van der Waals surface area (Å²) in [6.45, 7) is 9.82. The molecule has 0 saturated heterocycles. The number of hydrogen-bond acceptors (Lipinski definition) is 7. The van der Waals surface area contributed by atoms with Crippen LogP contribution in [0.2, 0.25) is 0 Å². The van der Waals surface area contributed by atoms with Crippen LogP contribution < -0.4 is 10.0 Å². The summed E-state index contributed by atoms with van der Waals surface area (Å²) in [5, 5.41) is 11.2. The summed E-state index contributed by atoms with van der Waals surface area (Å²) < 4.78 is 29.4. The fourth-order valence-electron chi connectivity index (χ4n) is 2.77. The summed E-state index contributed by atoms with van der Waals surface area (Å²) in [5.74, 6) is 0.992. The Hall–Kier alpha value is -2.43. The van der Waals surface area contributed by atoms with Crippen LogP contribution in [-0.2, 0) is 10.0 Å². The van der Waals surface area contributed by atoms with Gasteiger partial charge < -0.3 is 0 Å². The lowest BCUT2D eigenvalue weighted by atomic mass is 10.1. The van der Waals surface area contributed by atoms with Crippen molar-refractivity contribution in [3.05, 3.63) is 58.7 Å². The molecule has 0 atom stereocenters. The fraction of sp³-hybridized carbons (Fsp3) is 0.318. The molecule has 3 rings (SSSR count). The van der Waals surface area contributed by atoms with E-state index in [-0.39, 0.29) is 10.5 Å². The van der Waals surface area contributed by atoms with Gasteiger partial charge in [-0.3, -0.25) is 14.8 Å². The van der Waals surface area contributed by atoms with Crippen molar-refractivity contribution in [1.82, 2.24) is 10.2 Å². The number of hydrogen-bond donors (Lipinski definition) is 2. The molecule has 1 amide bonds. The van der Waals surface area contributed by atoms with Crippen molar-refractivity contribution in [2.75, 3.05) is 15.8 Å². The molecule has 2 N–H and O–H groups in total. The van der Waals surface area contributed by atoms with Crippen LogP contribution >= 0.6 is 23.1 Å². The zero-order valence-corrected chi connectivity index (χ0v) is 21.0. The van der Waals surface area contributed by atoms with Crippen LogP contribution in [0.25, 0.3) is 0 Å². The Morgan fingerprint density at radius 1 is 1.03 bits per heavy atom. The molecule has 0 saturated carbocycles. The smallest absolute Gasteiger partial charge is 0.262 e. The number of sulfonamides is 1. The van der Waals surface area contributed by atoms with E-state index in [4.69, 9.17) is 0 Å². The first-order valence-corrected chi connectivity index (χ1v) is 13.3. The zero-order valence-electron chi connectivity index (χ0n) is 18.6. The molecule has 170 valence electrons. The van der Waals surface area contributed by atoms with Crippen molar-refractivity contribution in [1.29, 1.82) is 0 Å². The van der Waals surface area contributed by atoms with Gasteiger partial charge in [0.1, 0.15) is 0 Å². The minimum absolute atomic E-state index is 0.0498. The molecule has 1 heterocycles. The van der Waals surface area contributed by atoms with E-state index in [1.54, 1.807) is 43.0 Å². The molecule has 32 heavy (non-hydrogen) atoms. The maximum absolute atomic E-state index is 13.0. The zero-order chi connectivity index (χ0) is 23.5. The third kappa shape index (κ3) is 6.08. The van der Waals surface area contributed by atoms with Gasteiger partial charge in [0.2, 0.25) is 5.13 Å². The predicted octanol–water partition coefficient (Wildman–Crippen LogP) is 5.26. The molecular formula is C22H26N4O3S3. The van der Waals surface area contributed by atoms with Gasteiger partial charge in [-0.2, -0.15) is 0 Å². The van der Waals surface area contributed by atoms with E-state index in [1.165, 1.54) is 17.4 Å². The summed E-state index contributed by atoms with van der Waals surface area (Å²) in [6.07, 6.45) is 0. The highest BCUT2D eigenvalue weighted by Gasteiger charge is 2.20. The first-order chi connectivity index (χ1) is 15.0. The first kappa shape index (κ1) is 24.2. The van der Waals surface area contributed by atoms with Crippen molar-refractivity contribution in [2.45, 2.75) is 43.9 Å². The van der Waals surface area contributed by atoms with Gasteiger partial charge in [-0.25, -0.2) is 8.42 Å². The predicted molar refractivity (Wildman–Crippen MR) is 131 cm³/mol. The van der Waals surface area contributed by atoms with Crippen molar-refractivity contribution in [2.24, 2.45) is 5.92 Å². The van der Waals surface area contributed by atoms with Crippen LogP contribution in [0.5, 0.6) is 0 Å². The molecule has 0 bridgehead atoms. The number of rotatable bonds is 8. The molecule has 2 aromatic carbocycles. The number of aromatic nitrogens is 2. The Balaban J connectivity index is 1.78. The van der Waals surface area contributed by atoms with E-state index in [2.05, 4.69) is 34.1 Å². The Kier molecular flexibility index (Phi) is 7.58. The highest BCUT2D eigenvalue weighted by molar-refractivity contribution is 8.01. The second kappa shape index (κ2) is 10.0. The van der Waals surface area contributed by atoms with E-state index in [0.717, 1.165) is 21.2 Å². The SMILES string of the molecule is Cc1ccc(NS(=O)(=O)c2cc(C(=O)Nc3nnc(SCC(C)C)s3)ccc2C)cc1C. The molecule has 0 radical (unpaired) electrons. The van der Waals surface area contributed by atoms with E-state index in [1.807, 2.05) is 19.9 Å². The monoisotopic (exact) mass is 490 g/mol. The molecule has 3 aromatic rings. The Morgan fingerprint density at radius 3 is 2.44 bits per heavy atom. The van der Waals surface area contributed by atoms with Crippen LogP contribution in [0.15, 0.2) is 45.6 Å². The molecule has 0 spiro atoms. The highest BCUT2D eigenvalue weighted by atomic mass is 32.2. The van der Waals surface area contributed by atoms with Crippen molar-refractivity contribution in [3.8, 4) is 0 Å².